The molecule has 0 aromatic carbocycles. The zero-order chi connectivity index (χ0) is 9.40. The lowest BCUT2D eigenvalue weighted by Crippen LogP contribution is -1.97. The maximum Gasteiger partial charge on any atom is 0.354 e. The third-order valence-electron chi connectivity index (χ3n) is 0.884. The summed E-state index contributed by atoms with van der Waals surface area (Å²) in [5.41, 5.74) is 12.3. The van der Waals surface area contributed by atoms with Crippen molar-refractivity contribution < 1.29 is 9.90 Å². The Morgan fingerprint density at radius 3 is 2.50 bits per heavy atom. The van der Waals surface area contributed by atoms with Crippen molar-refractivity contribution in [3.8, 4) is 0 Å². The van der Waals surface area contributed by atoms with E-state index in [1.54, 1.807) is 17.0 Å². The Balaban J connectivity index is 0.000000354. The van der Waals surface area contributed by atoms with Gasteiger partial charge in [-0.1, -0.05) is 6.07 Å². The van der Waals surface area contributed by atoms with Crippen LogP contribution >= 0.6 is 0 Å². The summed E-state index contributed by atoms with van der Waals surface area (Å²) in [6.45, 7) is 0. The second kappa shape index (κ2) is 5.70. The molecular formula is C6H6N4O2. The third kappa shape index (κ3) is 3.86. The molecule has 0 aliphatic rings. The Morgan fingerprint density at radius 2 is 2.25 bits per heavy atom. The van der Waals surface area contributed by atoms with Gasteiger partial charge in [-0.2, -0.15) is 0 Å². The van der Waals surface area contributed by atoms with E-state index in [2.05, 4.69) is 4.98 Å². The molecule has 0 atom stereocenters. The fraction of sp³-hybridized carbons (Fsp3) is 0. The van der Waals surface area contributed by atoms with E-state index < -0.39 is 5.97 Å². The number of pyridine rings is 1. The summed E-state index contributed by atoms with van der Waals surface area (Å²) in [6.07, 6.45) is 1.45. The van der Waals surface area contributed by atoms with Gasteiger partial charge in [-0.25, -0.2) is 9.78 Å². The molecule has 0 spiro atoms. The average Bonchev–Trinajstić information content (AvgIpc) is 2.07. The fourth-order valence-electron chi connectivity index (χ4n) is 0.489. The van der Waals surface area contributed by atoms with Gasteiger partial charge in [0.1, 0.15) is 5.69 Å². The van der Waals surface area contributed by atoms with Crippen LogP contribution in [0.5, 0.6) is 0 Å². The first-order valence-corrected chi connectivity index (χ1v) is 2.87. The van der Waals surface area contributed by atoms with E-state index in [1.807, 2.05) is 0 Å². The maximum absolute atomic E-state index is 10.1. The van der Waals surface area contributed by atoms with E-state index in [4.69, 9.17) is 16.2 Å². The molecule has 62 valence electrons. The lowest BCUT2D eigenvalue weighted by molar-refractivity contribution is 0.0690. The Labute approximate surface area is 67.9 Å². The van der Waals surface area contributed by atoms with Crippen molar-refractivity contribution in [1.29, 1.82) is 5.53 Å². The van der Waals surface area contributed by atoms with Crippen LogP contribution in [0, 0.1) is 5.53 Å². The van der Waals surface area contributed by atoms with Gasteiger partial charge in [0.2, 0.25) is 0 Å². The van der Waals surface area contributed by atoms with Crippen molar-refractivity contribution >= 4 is 5.97 Å². The van der Waals surface area contributed by atoms with Gasteiger partial charge in [0.25, 0.3) is 0 Å². The van der Waals surface area contributed by atoms with Crippen molar-refractivity contribution in [3.63, 3.8) is 0 Å². The number of nitrogens with zero attached hydrogens (tertiary/aromatic N) is 3. The standard InChI is InChI=1S/C6H5NO2.HN3/c8-6(9)5-3-1-2-4-7-5;1-3-2/h1-4H,(H,8,9);1H. The van der Waals surface area contributed by atoms with Crippen LogP contribution in [-0.2, 0) is 0 Å². The van der Waals surface area contributed by atoms with Crippen LogP contribution in [0.1, 0.15) is 10.5 Å². The van der Waals surface area contributed by atoms with Crippen LogP contribution in [0.3, 0.4) is 0 Å². The van der Waals surface area contributed by atoms with Gasteiger partial charge in [0.15, 0.2) is 0 Å². The van der Waals surface area contributed by atoms with Gasteiger partial charge in [-0.05, 0) is 22.6 Å². The van der Waals surface area contributed by atoms with E-state index in [9.17, 15) is 4.79 Å². The van der Waals surface area contributed by atoms with Crippen molar-refractivity contribution in [1.82, 2.24) is 4.98 Å². The minimum Gasteiger partial charge on any atom is -0.477 e. The molecule has 1 heterocycles. The number of aromatic carboxylic acids is 1. The summed E-state index contributed by atoms with van der Waals surface area (Å²) < 4.78 is 0. The van der Waals surface area contributed by atoms with Crippen molar-refractivity contribution in [2.45, 2.75) is 0 Å². The predicted molar refractivity (Wildman–Crippen MR) is 40.6 cm³/mol. The number of nitrogens with one attached hydrogen (secondary N) is 1. The molecule has 12 heavy (non-hydrogen) atoms. The Morgan fingerprint density at radius 1 is 1.67 bits per heavy atom. The fourth-order valence-corrected chi connectivity index (χ4v) is 0.489. The molecule has 0 aliphatic carbocycles. The molecule has 2 N–H and O–H groups in total. The van der Waals surface area contributed by atoms with Crippen molar-refractivity contribution in [2.24, 2.45) is 0 Å². The molecule has 1 aromatic rings. The molecule has 6 nitrogen and oxygen atoms in total. The van der Waals surface area contributed by atoms with E-state index in [0.29, 0.717) is 0 Å². The van der Waals surface area contributed by atoms with Crippen LogP contribution in [0.4, 0.5) is 0 Å². The van der Waals surface area contributed by atoms with E-state index >= 15 is 0 Å². The first-order chi connectivity index (χ1) is 5.72. The van der Waals surface area contributed by atoms with Gasteiger partial charge in [-0.15, -0.1) is 5.53 Å². The van der Waals surface area contributed by atoms with E-state index in [0.717, 1.165) is 0 Å². The second-order valence-electron chi connectivity index (χ2n) is 1.62. The SMILES string of the molecule is O=C(O)c1ccccn1.[N-]=[N+]=N. The maximum atomic E-state index is 10.1. The molecule has 0 bridgehead atoms. The summed E-state index contributed by atoms with van der Waals surface area (Å²) in [4.78, 5) is 15.5. The number of carbonyl (C=O) groups is 1. The number of carboxylic acids is 1. The van der Waals surface area contributed by atoms with E-state index in [1.165, 1.54) is 12.3 Å². The zero-order valence-electron chi connectivity index (χ0n) is 6.01. The Bertz CT molecular complexity index is 279. The summed E-state index contributed by atoms with van der Waals surface area (Å²) >= 11 is 0. The number of hydrogen-bond acceptors (Lipinski definition) is 3. The number of carboxylic acid groups (broad SMARTS) is 1. The van der Waals surface area contributed by atoms with Gasteiger partial charge in [-0.3, -0.25) is 0 Å². The molecule has 0 aliphatic heterocycles. The monoisotopic (exact) mass is 166 g/mol. The highest BCUT2D eigenvalue weighted by Gasteiger charge is 1.98. The number of aromatic nitrogens is 1. The van der Waals surface area contributed by atoms with Crippen LogP contribution in [-0.4, -0.2) is 16.1 Å². The molecule has 0 saturated carbocycles. The first-order valence-electron chi connectivity index (χ1n) is 2.87. The van der Waals surface area contributed by atoms with Gasteiger partial charge < -0.3 is 5.11 Å². The Kier molecular flexibility index (Phi) is 4.71. The first kappa shape index (κ1) is 9.93. The number of rotatable bonds is 1. The average molecular weight is 166 g/mol. The molecule has 0 fully saturated rings. The molecule has 0 radical (unpaired) electrons. The summed E-state index contributed by atoms with van der Waals surface area (Å²) in [5.74, 6) is -0.990. The van der Waals surface area contributed by atoms with Crippen molar-refractivity contribution in [3.05, 3.63) is 40.5 Å². The molecule has 1 rings (SSSR count). The predicted octanol–water partition coefficient (Wildman–Crippen LogP) is 1.66. The topological polar surface area (TPSA) is 110 Å². The van der Waals surface area contributed by atoms with Crippen molar-refractivity contribution in [2.75, 3.05) is 0 Å². The molecule has 6 heteroatoms. The third-order valence-corrected chi connectivity index (χ3v) is 0.884. The molecule has 0 saturated heterocycles. The minimum atomic E-state index is -0.990. The quantitative estimate of drug-likeness (QED) is 0.375. The van der Waals surface area contributed by atoms with Crippen LogP contribution < -0.4 is 0 Å². The van der Waals surface area contributed by atoms with E-state index in [-0.39, 0.29) is 5.69 Å². The minimum absolute atomic E-state index is 0.0810. The second-order valence-corrected chi connectivity index (χ2v) is 1.62. The van der Waals surface area contributed by atoms with Gasteiger partial charge in [0, 0.05) is 6.20 Å². The lowest BCUT2D eigenvalue weighted by atomic mass is 10.4. The summed E-state index contributed by atoms with van der Waals surface area (Å²) in [7, 11) is 0. The van der Waals surface area contributed by atoms with Gasteiger partial charge in [0.05, 0.1) is 0 Å². The highest BCUT2D eigenvalue weighted by atomic mass is 16.4. The highest BCUT2D eigenvalue weighted by Crippen LogP contribution is 1.90. The van der Waals surface area contributed by atoms with Gasteiger partial charge >= 0.3 is 5.97 Å². The largest absolute Gasteiger partial charge is 0.477 e. The lowest BCUT2D eigenvalue weighted by Gasteiger charge is -1.87. The molecule has 0 unspecified atom stereocenters. The number of hydrogen-bond donors (Lipinski definition) is 2. The molecular weight excluding hydrogens is 160 g/mol. The van der Waals surface area contributed by atoms with Crippen LogP contribution in [0.2, 0.25) is 0 Å². The smallest absolute Gasteiger partial charge is 0.354 e. The molecule has 0 amide bonds. The van der Waals surface area contributed by atoms with Crippen LogP contribution in [0.25, 0.3) is 10.4 Å². The Hall–Kier alpha value is -2.07. The summed E-state index contributed by atoms with van der Waals surface area (Å²) in [6, 6.07) is 4.76. The van der Waals surface area contributed by atoms with Crippen LogP contribution in [0.15, 0.2) is 24.4 Å². The normalized spacial score (nSPS) is 7.33. The highest BCUT2D eigenvalue weighted by molar-refractivity contribution is 5.85. The summed E-state index contributed by atoms with van der Waals surface area (Å²) in [5, 5.41) is 8.32. The molecule has 1 aromatic heterocycles. The zero-order valence-corrected chi connectivity index (χ0v) is 6.01.